The monoisotopic (exact) mass is 492 g/mol. The van der Waals surface area contributed by atoms with E-state index in [4.69, 9.17) is 0 Å². The Morgan fingerprint density at radius 2 is 1.94 bits per heavy atom. The van der Waals surface area contributed by atoms with Crippen molar-refractivity contribution in [3.05, 3.63) is 75.9 Å². The van der Waals surface area contributed by atoms with Crippen molar-refractivity contribution in [2.45, 2.75) is 38.0 Å². The van der Waals surface area contributed by atoms with Crippen LogP contribution in [-0.4, -0.2) is 21.9 Å². The number of anilines is 2. The first-order valence-corrected chi connectivity index (χ1v) is 10.6. The van der Waals surface area contributed by atoms with E-state index >= 15 is 0 Å². The molecule has 2 heterocycles. The van der Waals surface area contributed by atoms with Gasteiger partial charge < -0.3 is 10.6 Å². The van der Waals surface area contributed by atoms with Gasteiger partial charge in [0.1, 0.15) is 5.82 Å². The van der Waals surface area contributed by atoms with Crippen molar-refractivity contribution in [2.24, 2.45) is 0 Å². The average molecular weight is 493 g/mol. The van der Waals surface area contributed by atoms with Crippen LogP contribution in [-0.2, 0) is 6.42 Å². The number of hydrogen-bond donors (Lipinski definition) is 2. The van der Waals surface area contributed by atoms with E-state index in [2.05, 4.69) is 31.7 Å². The Bertz CT molecular complexity index is 1090. The molecule has 5 nitrogen and oxygen atoms in total. The van der Waals surface area contributed by atoms with Crippen molar-refractivity contribution in [3.8, 4) is 0 Å². The number of benzene rings is 2. The van der Waals surface area contributed by atoms with Gasteiger partial charge >= 0.3 is 6.18 Å². The number of carbonyl (C=O) groups excluding carboxylic acids is 1. The zero-order valence-electron chi connectivity index (χ0n) is 16.6. The Balaban J connectivity index is 1.64. The van der Waals surface area contributed by atoms with Gasteiger partial charge in [0.15, 0.2) is 11.7 Å². The quantitative estimate of drug-likeness (QED) is 0.461. The molecule has 3 aromatic rings. The smallest absolute Gasteiger partial charge is 0.363 e. The summed E-state index contributed by atoms with van der Waals surface area (Å²) in [6.45, 7) is 1.96. The van der Waals surface area contributed by atoms with E-state index < -0.39 is 24.2 Å². The minimum atomic E-state index is -4.50. The molecule has 31 heavy (non-hydrogen) atoms. The number of aromatic nitrogens is 2. The van der Waals surface area contributed by atoms with Crippen molar-refractivity contribution in [1.29, 1.82) is 0 Å². The molecule has 0 aliphatic carbocycles. The molecule has 0 unspecified atom stereocenters. The predicted octanol–water partition coefficient (Wildman–Crippen LogP) is 6.12. The van der Waals surface area contributed by atoms with Crippen molar-refractivity contribution in [3.63, 3.8) is 0 Å². The molecule has 2 aromatic carbocycles. The second-order valence-electron chi connectivity index (χ2n) is 7.37. The fraction of sp³-hybridized carbons (Fsp3) is 0.273. The standard InChI is InChI=1S/C22H20BrF3N4O/c1-2-13-5-3-4-6-16(13)28-21(31)18-12-20-27-17(14-7-9-15(23)10-8-14)11-19(22(24,25)26)30(20)29-18/h3-10,12,17,19,27H,2,11H2,1H3,(H,28,31)/t17-,19+/m1/s1. The van der Waals surface area contributed by atoms with Crippen LogP contribution in [0.25, 0.3) is 0 Å². The van der Waals surface area contributed by atoms with Gasteiger partial charge in [-0.1, -0.05) is 53.2 Å². The Morgan fingerprint density at radius 3 is 2.61 bits per heavy atom. The molecule has 1 aliphatic rings. The van der Waals surface area contributed by atoms with Crippen LogP contribution < -0.4 is 10.6 Å². The van der Waals surface area contributed by atoms with Crippen LogP contribution in [0.1, 0.15) is 47.0 Å². The first-order chi connectivity index (χ1) is 14.8. The summed E-state index contributed by atoms with van der Waals surface area (Å²) >= 11 is 3.34. The number of carbonyl (C=O) groups is 1. The second kappa shape index (κ2) is 8.37. The SMILES string of the molecule is CCc1ccccc1NC(=O)c1cc2n(n1)[C@H](C(F)(F)F)C[C@H](c1ccc(Br)cc1)N2. The summed E-state index contributed by atoms with van der Waals surface area (Å²) in [6.07, 6.45) is -4.01. The van der Waals surface area contributed by atoms with Crippen LogP contribution in [0.15, 0.2) is 59.1 Å². The van der Waals surface area contributed by atoms with E-state index in [1.54, 1.807) is 36.4 Å². The number of alkyl halides is 3. The molecule has 162 valence electrons. The number of rotatable bonds is 4. The zero-order chi connectivity index (χ0) is 22.2. The lowest BCUT2D eigenvalue weighted by atomic mass is 9.97. The molecule has 2 N–H and O–H groups in total. The summed E-state index contributed by atoms with van der Waals surface area (Å²) in [5, 5.41) is 9.87. The van der Waals surface area contributed by atoms with Gasteiger partial charge in [-0.2, -0.15) is 18.3 Å². The maximum atomic E-state index is 13.8. The molecule has 0 bridgehead atoms. The molecule has 2 atom stereocenters. The van der Waals surface area contributed by atoms with Crippen LogP contribution in [0, 0.1) is 0 Å². The number of hydrogen-bond acceptors (Lipinski definition) is 3. The van der Waals surface area contributed by atoms with E-state index in [0.717, 1.165) is 20.3 Å². The van der Waals surface area contributed by atoms with Gasteiger partial charge in [-0.3, -0.25) is 4.79 Å². The van der Waals surface area contributed by atoms with Gasteiger partial charge in [0, 0.05) is 22.6 Å². The molecule has 0 radical (unpaired) electrons. The molecule has 0 saturated carbocycles. The lowest BCUT2D eigenvalue weighted by Crippen LogP contribution is -2.35. The Kier molecular flexibility index (Phi) is 5.79. The van der Waals surface area contributed by atoms with E-state index in [0.29, 0.717) is 12.1 Å². The number of aryl methyl sites for hydroxylation is 1. The summed E-state index contributed by atoms with van der Waals surface area (Å²) in [7, 11) is 0. The molecule has 4 rings (SSSR count). The van der Waals surface area contributed by atoms with Gasteiger partial charge in [-0.25, -0.2) is 4.68 Å². The number of halogens is 4. The third-order valence-corrected chi connectivity index (χ3v) is 5.87. The Labute approximate surface area is 185 Å². The maximum absolute atomic E-state index is 13.8. The summed E-state index contributed by atoms with van der Waals surface area (Å²) < 4.78 is 43.2. The van der Waals surface area contributed by atoms with Gasteiger partial charge in [-0.15, -0.1) is 0 Å². The van der Waals surface area contributed by atoms with Crippen LogP contribution in [0.2, 0.25) is 0 Å². The molecule has 1 aliphatic heterocycles. The third kappa shape index (κ3) is 4.46. The van der Waals surface area contributed by atoms with E-state index in [1.165, 1.54) is 6.07 Å². The van der Waals surface area contributed by atoms with Crippen LogP contribution in [0.3, 0.4) is 0 Å². The van der Waals surface area contributed by atoms with E-state index in [1.807, 2.05) is 19.1 Å². The van der Waals surface area contributed by atoms with Gasteiger partial charge in [-0.05, 0) is 35.7 Å². The summed E-state index contributed by atoms with van der Waals surface area (Å²) in [4.78, 5) is 12.7. The Morgan fingerprint density at radius 1 is 1.23 bits per heavy atom. The topological polar surface area (TPSA) is 59.0 Å². The predicted molar refractivity (Wildman–Crippen MR) is 116 cm³/mol. The molecule has 1 aromatic heterocycles. The van der Waals surface area contributed by atoms with Crippen LogP contribution in [0.5, 0.6) is 0 Å². The molecular weight excluding hydrogens is 473 g/mol. The van der Waals surface area contributed by atoms with E-state index in [-0.39, 0.29) is 17.9 Å². The molecule has 1 amide bonds. The first-order valence-electron chi connectivity index (χ1n) is 9.83. The minimum absolute atomic E-state index is 0.0703. The largest absolute Gasteiger partial charge is 0.410 e. The second-order valence-corrected chi connectivity index (χ2v) is 8.28. The first kappa shape index (κ1) is 21.4. The molecule has 0 saturated heterocycles. The van der Waals surface area contributed by atoms with Gasteiger partial charge in [0.25, 0.3) is 5.91 Å². The zero-order valence-corrected chi connectivity index (χ0v) is 18.2. The maximum Gasteiger partial charge on any atom is 0.410 e. The number of para-hydroxylation sites is 1. The van der Waals surface area contributed by atoms with Crippen LogP contribution in [0.4, 0.5) is 24.7 Å². The van der Waals surface area contributed by atoms with E-state index in [9.17, 15) is 18.0 Å². The third-order valence-electron chi connectivity index (χ3n) is 5.34. The number of nitrogens with one attached hydrogen (secondary N) is 2. The van der Waals surface area contributed by atoms with Crippen molar-refractivity contribution < 1.29 is 18.0 Å². The highest BCUT2D eigenvalue weighted by molar-refractivity contribution is 9.10. The minimum Gasteiger partial charge on any atom is -0.363 e. The highest BCUT2D eigenvalue weighted by Gasteiger charge is 2.46. The summed E-state index contributed by atoms with van der Waals surface area (Å²) in [5.74, 6) is -0.388. The summed E-state index contributed by atoms with van der Waals surface area (Å²) in [6, 6.07) is 13.4. The molecule has 0 fully saturated rings. The molecule has 0 spiro atoms. The highest BCUT2D eigenvalue weighted by atomic mass is 79.9. The van der Waals surface area contributed by atoms with Gasteiger partial charge in [0.05, 0.1) is 6.04 Å². The number of amides is 1. The molecular formula is C22H20BrF3N4O. The lowest BCUT2D eigenvalue weighted by Gasteiger charge is -2.33. The molecule has 9 heteroatoms. The fourth-order valence-corrected chi connectivity index (χ4v) is 4.00. The Hall–Kier alpha value is -2.81. The number of fused-ring (bicyclic) bond motifs is 1. The van der Waals surface area contributed by atoms with Crippen LogP contribution >= 0.6 is 15.9 Å². The highest BCUT2D eigenvalue weighted by Crippen LogP contribution is 2.43. The number of nitrogens with zero attached hydrogens (tertiary/aromatic N) is 2. The summed E-state index contributed by atoms with van der Waals surface area (Å²) in [5.41, 5.74) is 2.21. The average Bonchev–Trinajstić information content (AvgIpc) is 3.17. The van der Waals surface area contributed by atoms with Gasteiger partial charge in [0.2, 0.25) is 0 Å². The normalized spacial score (nSPS) is 18.2. The van der Waals surface area contributed by atoms with Crippen molar-refractivity contribution >= 4 is 33.3 Å². The van der Waals surface area contributed by atoms with Crippen molar-refractivity contribution in [1.82, 2.24) is 9.78 Å². The fourth-order valence-electron chi connectivity index (χ4n) is 3.74. The lowest BCUT2D eigenvalue weighted by molar-refractivity contribution is -0.173. The van der Waals surface area contributed by atoms with Crippen molar-refractivity contribution in [2.75, 3.05) is 10.6 Å².